The molecule has 4 heterocycles. The zero-order valence-electron chi connectivity index (χ0n) is 26.6. The summed E-state index contributed by atoms with van der Waals surface area (Å²) in [6.07, 6.45) is 6.12. The second-order valence-electron chi connectivity index (χ2n) is 12.5. The number of aryl methyl sites for hydroxylation is 1. The third kappa shape index (κ3) is 7.12. The summed E-state index contributed by atoms with van der Waals surface area (Å²) in [5.41, 5.74) is 2.81. The normalized spacial score (nSPS) is 14.5. The SMILES string of the molecule is Cn1cc(C(Nc2cc(Cl)c3ncc(C#N)c(Nc4ccc(F)c(Cl)c4)c3c2)c2cn(C3CCN(C(=O)OC(C)(C)C)CC3)nn2)nn1. The number of anilines is 3. The number of hydrogen-bond acceptors (Lipinski definition) is 10. The van der Waals surface area contributed by atoms with Crippen LogP contribution in [0.4, 0.5) is 26.2 Å². The molecule has 2 N–H and O–H groups in total. The second kappa shape index (κ2) is 13.2. The van der Waals surface area contributed by atoms with Gasteiger partial charge in [-0.1, -0.05) is 33.6 Å². The molecular weight excluding hydrogens is 660 g/mol. The largest absolute Gasteiger partial charge is 0.444 e. The van der Waals surface area contributed by atoms with Crippen molar-refractivity contribution in [1.29, 1.82) is 5.26 Å². The van der Waals surface area contributed by atoms with Crippen LogP contribution in [0.5, 0.6) is 0 Å². The average molecular weight is 693 g/mol. The number of piperidine rings is 1. The van der Waals surface area contributed by atoms with Gasteiger partial charge in [-0.25, -0.2) is 13.9 Å². The Balaban J connectivity index is 1.29. The number of amides is 1. The minimum Gasteiger partial charge on any atom is -0.444 e. The van der Waals surface area contributed by atoms with Crippen LogP contribution < -0.4 is 10.6 Å². The van der Waals surface area contributed by atoms with E-state index in [2.05, 4.69) is 42.3 Å². The third-order valence-corrected chi connectivity index (χ3v) is 8.35. The number of carbonyl (C=O) groups is 1. The number of ether oxygens (including phenoxy) is 1. The van der Waals surface area contributed by atoms with Crippen LogP contribution in [0, 0.1) is 17.1 Å². The molecule has 1 saturated heterocycles. The van der Waals surface area contributed by atoms with E-state index in [0.717, 1.165) is 0 Å². The number of pyridine rings is 1. The molecule has 1 fully saturated rings. The van der Waals surface area contributed by atoms with Crippen molar-refractivity contribution in [2.75, 3.05) is 23.7 Å². The number of nitriles is 1. The van der Waals surface area contributed by atoms with Crippen LogP contribution in [0.3, 0.4) is 0 Å². The molecule has 1 aliphatic heterocycles. The van der Waals surface area contributed by atoms with E-state index in [1.807, 2.05) is 37.7 Å². The van der Waals surface area contributed by atoms with Gasteiger partial charge in [0.2, 0.25) is 0 Å². The molecule has 0 bridgehead atoms. The smallest absolute Gasteiger partial charge is 0.410 e. The standard InChI is InChI=1S/C32H32Cl2FN11O2/c1-32(2,3)48-31(47)45-9-7-21(8-10-45)46-17-27(41-43-46)30(26-16-44(4)42-40-26)39-20-11-22-28(38-19-5-6-25(35)23(33)12-19)18(14-36)15-37-29(22)24(34)13-20/h5-6,11-13,15-17,21,30,39H,7-10H2,1-4H3,(H,37,38). The minimum atomic E-state index is -0.581. The summed E-state index contributed by atoms with van der Waals surface area (Å²) < 4.78 is 22.8. The number of aromatic nitrogens is 7. The summed E-state index contributed by atoms with van der Waals surface area (Å²) in [5.74, 6) is -0.560. The summed E-state index contributed by atoms with van der Waals surface area (Å²) >= 11 is 12.8. The molecule has 1 amide bonds. The van der Waals surface area contributed by atoms with E-state index in [0.29, 0.717) is 70.3 Å². The van der Waals surface area contributed by atoms with Crippen LogP contribution >= 0.6 is 23.2 Å². The van der Waals surface area contributed by atoms with Crippen molar-refractivity contribution in [3.63, 3.8) is 0 Å². The van der Waals surface area contributed by atoms with Gasteiger partial charge in [0.25, 0.3) is 0 Å². The van der Waals surface area contributed by atoms with Crippen LogP contribution in [-0.2, 0) is 11.8 Å². The van der Waals surface area contributed by atoms with E-state index in [1.165, 1.54) is 24.4 Å². The zero-order valence-corrected chi connectivity index (χ0v) is 28.1. The van der Waals surface area contributed by atoms with Gasteiger partial charge in [-0.2, -0.15) is 5.26 Å². The molecule has 0 radical (unpaired) electrons. The van der Waals surface area contributed by atoms with Gasteiger partial charge in [0.05, 0.1) is 45.2 Å². The fourth-order valence-corrected chi connectivity index (χ4v) is 5.93. The lowest BCUT2D eigenvalue weighted by Crippen LogP contribution is -2.42. The lowest BCUT2D eigenvalue weighted by atomic mass is 10.1. The van der Waals surface area contributed by atoms with Gasteiger partial charge in [0.1, 0.15) is 34.9 Å². The topological polar surface area (TPSA) is 152 Å². The highest BCUT2D eigenvalue weighted by molar-refractivity contribution is 6.36. The highest BCUT2D eigenvalue weighted by Crippen LogP contribution is 2.37. The Morgan fingerprint density at radius 1 is 1.06 bits per heavy atom. The summed E-state index contributed by atoms with van der Waals surface area (Å²) in [6.45, 7) is 6.62. The van der Waals surface area contributed by atoms with Crippen molar-refractivity contribution < 1.29 is 13.9 Å². The zero-order chi connectivity index (χ0) is 34.2. The van der Waals surface area contributed by atoms with Gasteiger partial charge >= 0.3 is 6.09 Å². The first kappa shape index (κ1) is 32.9. The molecule has 1 atom stereocenters. The predicted molar refractivity (Wildman–Crippen MR) is 179 cm³/mol. The first-order chi connectivity index (χ1) is 22.9. The number of halogens is 3. The maximum Gasteiger partial charge on any atom is 0.410 e. The van der Waals surface area contributed by atoms with Crippen LogP contribution in [0.1, 0.15) is 62.6 Å². The van der Waals surface area contributed by atoms with Crippen molar-refractivity contribution in [2.45, 2.75) is 51.3 Å². The monoisotopic (exact) mass is 691 g/mol. The first-order valence-corrected chi connectivity index (χ1v) is 15.9. The molecule has 0 saturated carbocycles. The lowest BCUT2D eigenvalue weighted by molar-refractivity contribution is 0.0184. The van der Waals surface area contributed by atoms with E-state index in [1.54, 1.807) is 28.9 Å². The molecule has 13 nitrogen and oxygen atoms in total. The van der Waals surface area contributed by atoms with Gasteiger partial charge in [-0.3, -0.25) is 9.67 Å². The molecular formula is C32H32Cl2FN11O2. The van der Waals surface area contributed by atoms with Crippen LogP contribution in [0.2, 0.25) is 10.0 Å². The molecule has 5 aromatic rings. The van der Waals surface area contributed by atoms with E-state index in [4.69, 9.17) is 27.9 Å². The molecule has 2 aromatic carbocycles. The number of hydrogen-bond donors (Lipinski definition) is 2. The van der Waals surface area contributed by atoms with E-state index >= 15 is 0 Å². The molecule has 0 aliphatic carbocycles. The summed E-state index contributed by atoms with van der Waals surface area (Å²) in [6, 6.07) is 9.33. The molecule has 0 spiro atoms. The Kier molecular flexibility index (Phi) is 9.09. The Hall–Kier alpha value is -5.00. The first-order valence-electron chi connectivity index (χ1n) is 15.2. The highest BCUT2D eigenvalue weighted by Gasteiger charge is 2.29. The van der Waals surface area contributed by atoms with E-state index < -0.39 is 17.5 Å². The molecule has 1 unspecified atom stereocenters. The predicted octanol–water partition coefficient (Wildman–Crippen LogP) is 6.79. The van der Waals surface area contributed by atoms with Crippen molar-refractivity contribution >= 4 is 57.3 Å². The third-order valence-electron chi connectivity index (χ3n) is 7.78. The van der Waals surface area contributed by atoms with Crippen molar-refractivity contribution in [3.05, 3.63) is 81.7 Å². The van der Waals surface area contributed by atoms with E-state index in [9.17, 15) is 14.4 Å². The lowest BCUT2D eigenvalue weighted by Gasteiger charge is -2.33. The van der Waals surface area contributed by atoms with Gasteiger partial charge in [0.15, 0.2) is 0 Å². The number of fused-ring (bicyclic) bond motifs is 1. The maximum absolute atomic E-state index is 13.9. The minimum absolute atomic E-state index is 0.0339. The molecule has 1 aliphatic rings. The maximum atomic E-state index is 13.9. The van der Waals surface area contributed by atoms with Gasteiger partial charge in [-0.15, -0.1) is 10.2 Å². The van der Waals surface area contributed by atoms with Crippen molar-refractivity contribution in [3.8, 4) is 6.07 Å². The number of carbonyl (C=O) groups excluding carboxylic acids is 1. The fraction of sp³-hybridized carbons (Fsp3) is 0.344. The molecule has 248 valence electrons. The molecule has 3 aromatic heterocycles. The van der Waals surface area contributed by atoms with Gasteiger partial charge in [-0.05, 0) is 63.9 Å². The Bertz CT molecular complexity index is 2030. The number of benzene rings is 2. The second-order valence-corrected chi connectivity index (χ2v) is 13.3. The van der Waals surface area contributed by atoms with Crippen LogP contribution in [0.25, 0.3) is 10.9 Å². The highest BCUT2D eigenvalue weighted by atomic mass is 35.5. The van der Waals surface area contributed by atoms with E-state index in [-0.39, 0.29) is 22.7 Å². The Labute approximate surface area is 285 Å². The van der Waals surface area contributed by atoms with Gasteiger partial charge in [0, 0.05) is 43.1 Å². The number of nitrogens with zero attached hydrogens (tertiary/aromatic N) is 9. The number of likely N-dealkylation sites (tertiary alicyclic amines) is 1. The number of rotatable bonds is 7. The van der Waals surface area contributed by atoms with Crippen molar-refractivity contribution in [2.24, 2.45) is 7.05 Å². The average Bonchev–Trinajstić information content (AvgIpc) is 3.71. The quantitative estimate of drug-likeness (QED) is 0.187. The Morgan fingerprint density at radius 2 is 1.77 bits per heavy atom. The Morgan fingerprint density at radius 3 is 2.44 bits per heavy atom. The summed E-state index contributed by atoms with van der Waals surface area (Å²) in [4.78, 5) is 18.7. The van der Waals surface area contributed by atoms with Crippen LogP contribution in [-0.4, -0.2) is 64.7 Å². The van der Waals surface area contributed by atoms with Crippen LogP contribution in [0.15, 0.2) is 48.9 Å². The summed E-state index contributed by atoms with van der Waals surface area (Å²) in [5, 5.41) is 34.8. The number of nitrogens with one attached hydrogen (secondary N) is 2. The molecule has 16 heteroatoms. The van der Waals surface area contributed by atoms with Crippen molar-refractivity contribution in [1.82, 2.24) is 39.9 Å². The van der Waals surface area contributed by atoms with Gasteiger partial charge < -0.3 is 20.3 Å². The molecule has 6 rings (SSSR count). The molecule has 48 heavy (non-hydrogen) atoms. The summed E-state index contributed by atoms with van der Waals surface area (Å²) in [7, 11) is 1.77. The fourth-order valence-electron chi connectivity index (χ4n) is 5.48.